The third-order valence-electron chi connectivity index (χ3n) is 6.54. The third-order valence-corrected chi connectivity index (χ3v) is 7.68. The van der Waals surface area contributed by atoms with Crippen molar-refractivity contribution in [2.75, 3.05) is 13.1 Å². The molecule has 1 saturated heterocycles. The maximum Gasteiger partial charge on any atom is 0.416 e. The smallest absolute Gasteiger partial charge is 0.385 e. The second kappa shape index (κ2) is 7.13. The lowest BCUT2D eigenvalue weighted by Crippen LogP contribution is -2.43. The topological polar surface area (TPSA) is 40.5 Å². The van der Waals surface area contributed by atoms with Crippen molar-refractivity contribution in [2.45, 2.75) is 44.9 Å². The van der Waals surface area contributed by atoms with E-state index in [-0.39, 0.29) is 17.7 Å². The predicted octanol–water partition coefficient (Wildman–Crippen LogP) is 5.14. The molecule has 0 radical (unpaired) electrons. The Hall–Kier alpha value is -1.86. The van der Waals surface area contributed by atoms with E-state index in [0.29, 0.717) is 30.0 Å². The maximum absolute atomic E-state index is 13.2. The van der Waals surface area contributed by atoms with Crippen molar-refractivity contribution in [3.05, 3.63) is 56.8 Å². The Balaban J connectivity index is 1.62. The molecule has 1 aliphatic carbocycles. The van der Waals surface area contributed by atoms with Crippen LogP contribution in [-0.2, 0) is 11.8 Å². The van der Waals surface area contributed by atoms with Crippen molar-refractivity contribution >= 4 is 17.2 Å². The minimum Gasteiger partial charge on any atom is -0.385 e. The SMILES string of the molecule is Cc1cc(C(=O)N2C[C@@H]3CCC[C@](O)(c4cccc(C(F)(F)F)c4)[C@@H]3C2)sc1C. The number of likely N-dealkylation sites (tertiary alicyclic amines) is 1. The number of nitrogens with zero attached hydrogens (tertiary/aromatic N) is 1. The molecule has 0 spiro atoms. The lowest BCUT2D eigenvalue weighted by Gasteiger charge is -2.41. The number of alkyl halides is 3. The number of rotatable bonds is 2. The summed E-state index contributed by atoms with van der Waals surface area (Å²) in [5.41, 5.74) is -0.712. The van der Waals surface area contributed by atoms with Gasteiger partial charge in [-0.05, 0) is 68.4 Å². The van der Waals surface area contributed by atoms with Gasteiger partial charge in [0.05, 0.1) is 16.0 Å². The number of benzene rings is 1. The molecule has 3 nitrogen and oxygen atoms in total. The molecule has 2 aromatic rings. The minimum absolute atomic E-state index is 0.0491. The minimum atomic E-state index is -4.45. The molecule has 3 atom stereocenters. The van der Waals surface area contributed by atoms with E-state index in [1.54, 1.807) is 11.0 Å². The summed E-state index contributed by atoms with van der Waals surface area (Å²) in [6, 6.07) is 6.92. The van der Waals surface area contributed by atoms with Crippen molar-refractivity contribution in [1.29, 1.82) is 0 Å². The van der Waals surface area contributed by atoms with E-state index in [1.165, 1.54) is 17.4 Å². The molecule has 4 rings (SSSR count). The summed E-state index contributed by atoms with van der Waals surface area (Å²) in [4.78, 5) is 16.5. The zero-order valence-electron chi connectivity index (χ0n) is 16.4. The van der Waals surface area contributed by atoms with Crippen LogP contribution in [0.4, 0.5) is 13.2 Å². The number of amides is 1. The van der Waals surface area contributed by atoms with Gasteiger partial charge in [-0.15, -0.1) is 11.3 Å². The molecule has 29 heavy (non-hydrogen) atoms. The highest BCUT2D eigenvalue weighted by Gasteiger charge is 2.51. The van der Waals surface area contributed by atoms with Crippen LogP contribution in [0, 0.1) is 25.7 Å². The van der Waals surface area contributed by atoms with Crippen LogP contribution in [0.5, 0.6) is 0 Å². The van der Waals surface area contributed by atoms with Gasteiger partial charge in [-0.3, -0.25) is 4.79 Å². The lowest BCUT2D eigenvalue weighted by atomic mass is 9.67. The standard InChI is InChI=1S/C22H24F3NO2S/c1-13-9-19(29-14(13)2)20(27)26-11-15-5-4-8-21(28,18(15)12-26)16-6-3-7-17(10-16)22(23,24)25/h3,6-7,9-10,15,18,28H,4-5,8,11-12H2,1-2H3/t15-,18+,21-/m0/s1. The Labute approximate surface area is 172 Å². The fourth-order valence-corrected chi connectivity index (χ4v) is 5.85. The summed E-state index contributed by atoms with van der Waals surface area (Å²) in [7, 11) is 0. The van der Waals surface area contributed by atoms with Crippen molar-refractivity contribution in [1.82, 2.24) is 4.90 Å². The highest BCUT2D eigenvalue weighted by Crippen LogP contribution is 2.49. The number of carbonyl (C=O) groups excluding carboxylic acids is 1. The largest absolute Gasteiger partial charge is 0.416 e. The van der Waals surface area contributed by atoms with Crippen LogP contribution in [0.25, 0.3) is 0 Å². The second-order valence-electron chi connectivity index (χ2n) is 8.32. The van der Waals surface area contributed by atoms with Gasteiger partial charge in [0.15, 0.2) is 0 Å². The Morgan fingerprint density at radius 2 is 2.00 bits per heavy atom. The van der Waals surface area contributed by atoms with Gasteiger partial charge in [0, 0.05) is 23.9 Å². The lowest BCUT2D eigenvalue weighted by molar-refractivity contribution is -0.138. The van der Waals surface area contributed by atoms with Crippen molar-refractivity contribution in [3.63, 3.8) is 0 Å². The second-order valence-corrected chi connectivity index (χ2v) is 9.58. The molecule has 1 amide bonds. The number of hydrogen-bond acceptors (Lipinski definition) is 3. The van der Waals surface area contributed by atoms with Crippen LogP contribution in [0.3, 0.4) is 0 Å². The quantitative estimate of drug-likeness (QED) is 0.726. The van der Waals surface area contributed by atoms with E-state index >= 15 is 0 Å². The van der Waals surface area contributed by atoms with Gasteiger partial charge >= 0.3 is 6.18 Å². The molecule has 2 fully saturated rings. The molecule has 2 heterocycles. The molecule has 1 aromatic heterocycles. The van der Waals surface area contributed by atoms with Gasteiger partial charge in [0.2, 0.25) is 0 Å². The average Bonchev–Trinajstić information content (AvgIpc) is 3.25. The van der Waals surface area contributed by atoms with Gasteiger partial charge in [0.25, 0.3) is 5.91 Å². The first-order valence-corrected chi connectivity index (χ1v) is 10.7. The monoisotopic (exact) mass is 423 g/mol. The zero-order valence-corrected chi connectivity index (χ0v) is 17.2. The number of halogens is 3. The van der Waals surface area contributed by atoms with Crippen LogP contribution in [0.2, 0.25) is 0 Å². The first-order chi connectivity index (χ1) is 13.6. The molecule has 156 valence electrons. The average molecular weight is 424 g/mol. The molecule has 1 aliphatic heterocycles. The molecule has 1 aromatic carbocycles. The summed E-state index contributed by atoms with van der Waals surface area (Å²) < 4.78 is 39.6. The molecular formula is C22H24F3NO2S. The molecule has 0 unspecified atom stereocenters. The molecule has 1 saturated carbocycles. The van der Waals surface area contributed by atoms with Crippen LogP contribution >= 0.6 is 11.3 Å². The number of aliphatic hydroxyl groups is 1. The van der Waals surface area contributed by atoms with E-state index in [1.807, 2.05) is 19.9 Å². The number of fused-ring (bicyclic) bond motifs is 1. The molecule has 1 N–H and O–H groups in total. The molecular weight excluding hydrogens is 399 g/mol. The normalized spacial score (nSPS) is 27.2. The summed E-state index contributed by atoms with van der Waals surface area (Å²) in [6.07, 6.45) is -2.44. The van der Waals surface area contributed by atoms with Crippen molar-refractivity contribution < 1.29 is 23.1 Å². The van der Waals surface area contributed by atoms with E-state index < -0.39 is 17.3 Å². The van der Waals surface area contributed by atoms with Gasteiger partial charge in [-0.25, -0.2) is 0 Å². The summed E-state index contributed by atoms with van der Waals surface area (Å²) in [6.45, 7) is 4.86. The molecule has 7 heteroatoms. The van der Waals surface area contributed by atoms with E-state index in [9.17, 15) is 23.1 Å². The third kappa shape index (κ3) is 3.59. The Morgan fingerprint density at radius 1 is 1.24 bits per heavy atom. The highest BCUT2D eigenvalue weighted by atomic mass is 32.1. The Kier molecular flexibility index (Phi) is 5.02. The first-order valence-electron chi connectivity index (χ1n) is 9.86. The predicted molar refractivity (Wildman–Crippen MR) is 106 cm³/mol. The maximum atomic E-state index is 13.2. The Bertz CT molecular complexity index is 919. The van der Waals surface area contributed by atoms with Gasteiger partial charge in [-0.1, -0.05) is 12.1 Å². The zero-order chi connectivity index (χ0) is 21.0. The van der Waals surface area contributed by atoms with Crippen molar-refractivity contribution in [3.8, 4) is 0 Å². The molecule has 0 bridgehead atoms. The van der Waals surface area contributed by atoms with Crippen molar-refractivity contribution in [2.24, 2.45) is 11.8 Å². The summed E-state index contributed by atoms with van der Waals surface area (Å²) in [5.74, 6) is -0.216. The number of hydrogen-bond donors (Lipinski definition) is 1. The number of aryl methyl sites for hydroxylation is 2. The number of thiophene rings is 1. The first kappa shape index (κ1) is 20.4. The van der Waals surface area contributed by atoms with Gasteiger partial charge in [-0.2, -0.15) is 13.2 Å². The Morgan fingerprint density at radius 3 is 2.66 bits per heavy atom. The highest BCUT2D eigenvalue weighted by molar-refractivity contribution is 7.14. The van der Waals surface area contributed by atoms with Crippen LogP contribution in [0.15, 0.2) is 30.3 Å². The van der Waals surface area contributed by atoms with Crippen LogP contribution in [-0.4, -0.2) is 29.0 Å². The summed E-state index contributed by atoms with van der Waals surface area (Å²) >= 11 is 1.46. The fourth-order valence-electron chi connectivity index (χ4n) is 4.85. The van der Waals surface area contributed by atoms with Gasteiger partial charge < -0.3 is 10.0 Å². The van der Waals surface area contributed by atoms with Crippen LogP contribution in [0.1, 0.15) is 50.5 Å². The fraction of sp³-hybridized carbons (Fsp3) is 0.500. The number of carbonyl (C=O) groups is 1. The molecule has 2 aliphatic rings. The van der Waals surface area contributed by atoms with Gasteiger partial charge in [0.1, 0.15) is 0 Å². The van der Waals surface area contributed by atoms with E-state index in [0.717, 1.165) is 35.4 Å². The van der Waals surface area contributed by atoms with E-state index in [2.05, 4.69) is 0 Å². The van der Waals surface area contributed by atoms with Crippen LogP contribution < -0.4 is 0 Å². The summed E-state index contributed by atoms with van der Waals surface area (Å²) in [5, 5.41) is 11.5. The van der Waals surface area contributed by atoms with E-state index in [4.69, 9.17) is 0 Å².